The Kier molecular flexibility index (Phi) is 6.63. The van der Waals surface area contributed by atoms with E-state index < -0.39 is 0 Å². The van der Waals surface area contributed by atoms with Crippen LogP contribution in [0.25, 0.3) is 84.5 Å². The minimum absolute atomic E-state index is 0.879. The molecular formula is C48H29NOS2. The van der Waals surface area contributed by atoms with E-state index in [1.54, 1.807) is 0 Å². The van der Waals surface area contributed by atoms with Crippen molar-refractivity contribution in [2.24, 2.45) is 0 Å². The van der Waals surface area contributed by atoms with E-state index in [-0.39, 0.29) is 0 Å². The lowest BCUT2D eigenvalue weighted by Gasteiger charge is -2.26. The van der Waals surface area contributed by atoms with Gasteiger partial charge in [0.15, 0.2) is 0 Å². The normalized spacial score (nSPS) is 11.8. The summed E-state index contributed by atoms with van der Waals surface area (Å²) in [6.45, 7) is 0. The number of nitrogens with zero attached hydrogens (tertiary/aromatic N) is 1. The molecule has 11 aromatic rings. The Morgan fingerprint density at radius 2 is 0.942 bits per heavy atom. The topological polar surface area (TPSA) is 16.4 Å². The quantitative estimate of drug-likeness (QED) is 0.178. The summed E-state index contributed by atoms with van der Waals surface area (Å²) in [6, 6.07) is 63.7. The van der Waals surface area contributed by atoms with Crippen LogP contribution >= 0.6 is 22.7 Å². The smallest absolute Gasteiger partial charge is 0.137 e. The van der Waals surface area contributed by atoms with E-state index in [9.17, 15) is 0 Å². The number of hydrogen-bond donors (Lipinski definition) is 0. The maximum absolute atomic E-state index is 6.37. The van der Waals surface area contributed by atoms with Crippen molar-refractivity contribution in [2.75, 3.05) is 4.90 Å². The molecule has 244 valence electrons. The molecule has 0 radical (unpaired) electrons. The van der Waals surface area contributed by atoms with E-state index in [1.807, 2.05) is 28.7 Å². The Hall–Kier alpha value is -6.20. The first kappa shape index (κ1) is 29.5. The molecule has 52 heavy (non-hydrogen) atoms. The highest BCUT2D eigenvalue weighted by molar-refractivity contribution is 7.26. The fraction of sp³-hybridized carbons (Fsp3) is 0. The van der Waals surface area contributed by atoms with E-state index in [1.165, 1.54) is 62.6 Å². The average Bonchev–Trinajstić information content (AvgIpc) is 3.90. The number of thiophene rings is 2. The van der Waals surface area contributed by atoms with Crippen LogP contribution in [0.15, 0.2) is 180 Å². The lowest BCUT2D eigenvalue weighted by atomic mass is 9.99. The molecule has 8 aromatic carbocycles. The second-order valence-electron chi connectivity index (χ2n) is 13.3. The molecule has 0 aliphatic heterocycles. The van der Waals surface area contributed by atoms with Crippen molar-refractivity contribution in [2.45, 2.75) is 0 Å². The van der Waals surface area contributed by atoms with Gasteiger partial charge < -0.3 is 9.32 Å². The minimum Gasteiger partial charge on any atom is -0.456 e. The SMILES string of the molecule is c1ccc2c(c1)oc1cccc(N(c3ccc(-c4ccc5sc6ccccc6c5c4)cc3)c3ccc(-c4cccc5sc6ccccc6c45)cc3)c12. The van der Waals surface area contributed by atoms with Crippen molar-refractivity contribution >= 4 is 102 Å². The fourth-order valence-corrected chi connectivity index (χ4v) is 10.1. The van der Waals surface area contributed by atoms with E-state index in [4.69, 9.17) is 4.42 Å². The maximum atomic E-state index is 6.37. The first-order valence-electron chi connectivity index (χ1n) is 17.5. The largest absolute Gasteiger partial charge is 0.456 e. The molecule has 2 nitrogen and oxygen atoms in total. The Morgan fingerprint density at radius 3 is 1.75 bits per heavy atom. The minimum atomic E-state index is 0.879. The van der Waals surface area contributed by atoms with Crippen LogP contribution < -0.4 is 4.90 Å². The highest BCUT2D eigenvalue weighted by Gasteiger charge is 2.20. The van der Waals surface area contributed by atoms with Gasteiger partial charge in [0.2, 0.25) is 0 Å². The van der Waals surface area contributed by atoms with Crippen LogP contribution in [0.4, 0.5) is 17.1 Å². The van der Waals surface area contributed by atoms with Crippen molar-refractivity contribution in [1.29, 1.82) is 0 Å². The van der Waals surface area contributed by atoms with Gasteiger partial charge in [-0.2, -0.15) is 0 Å². The molecule has 4 heteroatoms. The second kappa shape index (κ2) is 11.7. The average molecular weight is 700 g/mol. The van der Waals surface area contributed by atoms with Gasteiger partial charge in [-0.3, -0.25) is 0 Å². The fourth-order valence-electron chi connectivity index (χ4n) is 7.88. The standard InChI is InChI=1S/C48H29NOS2/c1-4-14-41-37(10-1)48-40(13-8-15-42(48)50-41)49(33-24-19-30(20-25-33)32-23-28-45-39(29-32)36-9-2-5-16-43(36)51-45)34-26-21-31(22-27-34)35-12-7-18-46-47(35)38-11-3-6-17-44(38)52-46/h1-29H. The Morgan fingerprint density at radius 1 is 0.365 bits per heavy atom. The summed E-state index contributed by atoms with van der Waals surface area (Å²) in [4.78, 5) is 2.37. The highest BCUT2D eigenvalue weighted by Crippen LogP contribution is 2.45. The predicted octanol–water partition coefficient (Wildman–Crippen LogP) is 15.1. The van der Waals surface area contributed by atoms with Gasteiger partial charge in [0.25, 0.3) is 0 Å². The lowest BCUT2D eigenvalue weighted by Crippen LogP contribution is -2.10. The van der Waals surface area contributed by atoms with Gasteiger partial charge in [0, 0.05) is 57.1 Å². The number of para-hydroxylation sites is 1. The van der Waals surface area contributed by atoms with Crippen molar-refractivity contribution in [3.8, 4) is 22.3 Å². The van der Waals surface area contributed by atoms with Gasteiger partial charge >= 0.3 is 0 Å². The summed E-state index contributed by atoms with van der Waals surface area (Å²) in [6.07, 6.45) is 0. The van der Waals surface area contributed by atoms with E-state index >= 15 is 0 Å². The van der Waals surface area contributed by atoms with E-state index in [0.29, 0.717) is 0 Å². The van der Waals surface area contributed by atoms with Crippen LogP contribution in [0.2, 0.25) is 0 Å². The molecule has 0 spiro atoms. The van der Waals surface area contributed by atoms with Gasteiger partial charge in [0.1, 0.15) is 11.2 Å². The molecule has 0 amide bonds. The first-order chi connectivity index (χ1) is 25.8. The van der Waals surface area contributed by atoms with Crippen molar-refractivity contribution in [3.05, 3.63) is 176 Å². The molecule has 11 rings (SSSR count). The third-order valence-electron chi connectivity index (χ3n) is 10.3. The summed E-state index contributed by atoms with van der Waals surface area (Å²) in [5, 5.41) is 7.49. The first-order valence-corrected chi connectivity index (χ1v) is 19.1. The number of benzene rings is 8. The van der Waals surface area contributed by atoms with Gasteiger partial charge in [-0.15, -0.1) is 22.7 Å². The number of furan rings is 1. The van der Waals surface area contributed by atoms with Gasteiger partial charge in [-0.1, -0.05) is 103 Å². The van der Waals surface area contributed by atoms with E-state index in [0.717, 1.165) is 39.0 Å². The van der Waals surface area contributed by atoms with Crippen molar-refractivity contribution in [3.63, 3.8) is 0 Å². The molecule has 0 N–H and O–H groups in total. The highest BCUT2D eigenvalue weighted by atomic mass is 32.1. The second-order valence-corrected chi connectivity index (χ2v) is 15.4. The number of rotatable bonds is 5. The van der Waals surface area contributed by atoms with Gasteiger partial charge in [0.05, 0.1) is 11.1 Å². The Balaban J connectivity index is 1.05. The van der Waals surface area contributed by atoms with Crippen LogP contribution in [0, 0.1) is 0 Å². The molecule has 0 fully saturated rings. The zero-order valence-electron chi connectivity index (χ0n) is 27.9. The van der Waals surface area contributed by atoms with Crippen LogP contribution in [0.3, 0.4) is 0 Å². The summed E-state index contributed by atoms with van der Waals surface area (Å²) < 4.78 is 11.7. The summed E-state index contributed by atoms with van der Waals surface area (Å²) in [7, 11) is 0. The zero-order valence-corrected chi connectivity index (χ0v) is 29.5. The molecule has 0 aliphatic carbocycles. The zero-order chi connectivity index (χ0) is 34.2. The van der Waals surface area contributed by atoms with Crippen molar-refractivity contribution in [1.82, 2.24) is 0 Å². The number of anilines is 3. The van der Waals surface area contributed by atoms with Crippen LogP contribution in [0.5, 0.6) is 0 Å². The van der Waals surface area contributed by atoms with Crippen LogP contribution in [0.1, 0.15) is 0 Å². The molecule has 0 aliphatic rings. The summed E-state index contributed by atoms with van der Waals surface area (Å²) >= 11 is 3.72. The molecule has 3 heterocycles. The maximum Gasteiger partial charge on any atom is 0.137 e. The molecule has 0 unspecified atom stereocenters. The monoisotopic (exact) mass is 699 g/mol. The third kappa shape index (κ3) is 4.62. The van der Waals surface area contributed by atoms with Crippen LogP contribution in [-0.2, 0) is 0 Å². The molecule has 0 atom stereocenters. The van der Waals surface area contributed by atoms with Crippen molar-refractivity contribution < 1.29 is 4.42 Å². The van der Waals surface area contributed by atoms with Crippen LogP contribution in [-0.4, -0.2) is 0 Å². The third-order valence-corrected chi connectivity index (χ3v) is 12.6. The van der Waals surface area contributed by atoms with E-state index in [2.05, 4.69) is 175 Å². The molecular weight excluding hydrogens is 671 g/mol. The molecule has 0 bridgehead atoms. The molecule has 0 saturated heterocycles. The number of fused-ring (bicyclic) bond motifs is 9. The lowest BCUT2D eigenvalue weighted by molar-refractivity contribution is 0.669. The van der Waals surface area contributed by atoms with Gasteiger partial charge in [-0.05, 0) is 95.1 Å². The summed E-state index contributed by atoms with van der Waals surface area (Å²) in [5.41, 5.74) is 9.90. The number of hydrogen-bond acceptors (Lipinski definition) is 4. The van der Waals surface area contributed by atoms with Gasteiger partial charge in [-0.25, -0.2) is 0 Å². The Labute approximate surface area is 308 Å². The summed E-state index contributed by atoms with van der Waals surface area (Å²) in [5.74, 6) is 0. The molecule has 0 saturated carbocycles. The Bertz CT molecular complexity index is 3130. The predicted molar refractivity (Wildman–Crippen MR) is 225 cm³/mol. The molecule has 3 aromatic heterocycles.